The molecule has 5 heteroatoms. The molecule has 2 nitrogen and oxygen atoms in total. The van der Waals surface area contributed by atoms with Gasteiger partial charge in [-0.2, -0.15) is 13.2 Å². The van der Waals surface area contributed by atoms with E-state index < -0.39 is 17.7 Å². The van der Waals surface area contributed by atoms with Gasteiger partial charge < -0.3 is 5.11 Å². The number of rotatable bonds is 7. The molecule has 0 aliphatic heterocycles. The van der Waals surface area contributed by atoms with Gasteiger partial charge >= 0.3 is 12.1 Å². The molecule has 0 saturated heterocycles. The maximum Gasteiger partial charge on any atom is 0.417 e. The van der Waals surface area contributed by atoms with E-state index in [-0.39, 0.29) is 12.0 Å². The Balaban J connectivity index is 0.00000352. The van der Waals surface area contributed by atoms with Crippen LogP contribution in [0.4, 0.5) is 13.2 Å². The number of halogens is 3. The van der Waals surface area contributed by atoms with E-state index in [0.29, 0.717) is 28.7 Å². The van der Waals surface area contributed by atoms with Gasteiger partial charge in [-0.15, -0.1) is 0 Å². The summed E-state index contributed by atoms with van der Waals surface area (Å²) in [6.07, 6.45) is 2.34. The van der Waals surface area contributed by atoms with Crippen LogP contribution in [0.2, 0.25) is 0 Å². The molecule has 1 N–H and O–H groups in total. The van der Waals surface area contributed by atoms with Gasteiger partial charge in [-0.25, -0.2) is 0 Å². The number of aryl methyl sites for hydroxylation is 1. The fraction of sp³-hybridized carbons (Fsp3) is 0.348. The molecule has 0 unspecified atom stereocenters. The second kappa shape index (κ2) is 12.0. The number of benzene rings is 1. The summed E-state index contributed by atoms with van der Waals surface area (Å²) >= 11 is 0. The van der Waals surface area contributed by atoms with Crippen LogP contribution in [0, 0.1) is 6.92 Å². The lowest BCUT2D eigenvalue weighted by atomic mass is 9.93. The summed E-state index contributed by atoms with van der Waals surface area (Å²) in [7, 11) is 0. The van der Waals surface area contributed by atoms with Crippen molar-refractivity contribution in [3.8, 4) is 0 Å². The highest BCUT2D eigenvalue weighted by Crippen LogP contribution is 2.36. The molecule has 0 atom stereocenters. The lowest BCUT2D eigenvalue weighted by Gasteiger charge is -2.15. The van der Waals surface area contributed by atoms with Crippen molar-refractivity contribution in [2.24, 2.45) is 0 Å². The van der Waals surface area contributed by atoms with Crippen molar-refractivity contribution in [1.29, 1.82) is 0 Å². The standard InChI is InChI=1S/C21H23F3O2.C2H6/c1-5-7-8-17(12-15(4)16(6-2)13-20(25)26)18-11-14(3)9-10-19(18)21(22,23)24;1-2/h6-12H,2,5,13H2,1,3-4H3,(H,25,26);1-2H3/b8-7-,16-15-,17-12+;. The maximum atomic E-state index is 13.4. The number of allylic oxidation sites excluding steroid dienone is 6. The Labute approximate surface area is 165 Å². The van der Waals surface area contributed by atoms with E-state index in [9.17, 15) is 18.0 Å². The third kappa shape index (κ3) is 7.99. The van der Waals surface area contributed by atoms with Crippen LogP contribution < -0.4 is 0 Å². The van der Waals surface area contributed by atoms with E-state index in [4.69, 9.17) is 5.11 Å². The average molecular weight is 394 g/mol. The van der Waals surface area contributed by atoms with Crippen LogP contribution >= 0.6 is 0 Å². The minimum atomic E-state index is -4.48. The summed E-state index contributed by atoms with van der Waals surface area (Å²) < 4.78 is 40.3. The van der Waals surface area contributed by atoms with Crippen LogP contribution in [0.5, 0.6) is 0 Å². The summed E-state index contributed by atoms with van der Waals surface area (Å²) in [5.41, 5.74) is 1.46. The van der Waals surface area contributed by atoms with E-state index in [0.717, 1.165) is 6.07 Å². The molecule has 0 radical (unpaired) electrons. The molecule has 1 aromatic rings. The molecule has 0 fully saturated rings. The zero-order chi connectivity index (χ0) is 21.9. The molecule has 0 saturated carbocycles. The van der Waals surface area contributed by atoms with Crippen molar-refractivity contribution < 1.29 is 23.1 Å². The molecule has 154 valence electrons. The minimum Gasteiger partial charge on any atom is -0.481 e. The Hall–Kier alpha value is -2.56. The quantitative estimate of drug-likeness (QED) is 0.490. The Bertz CT molecular complexity index is 767. The van der Waals surface area contributed by atoms with Crippen LogP contribution in [0.1, 0.15) is 57.2 Å². The first-order valence-corrected chi connectivity index (χ1v) is 9.20. The molecule has 0 aromatic heterocycles. The lowest BCUT2D eigenvalue weighted by Crippen LogP contribution is -2.09. The van der Waals surface area contributed by atoms with Crippen molar-refractivity contribution in [3.05, 3.63) is 76.9 Å². The zero-order valence-electron chi connectivity index (χ0n) is 17.2. The second-order valence-corrected chi connectivity index (χ2v) is 5.94. The Kier molecular flexibility index (Phi) is 10.9. The first-order chi connectivity index (χ1) is 13.1. The number of alkyl halides is 3. The van der Waals surface area contributed by atoms with Gasteiger partial charge in [0.2, 0.25) is 0 Å². The van der Waals surface area contributed by atoms with Crippen molar-refractivity contribution in [2.75, 3.05) is 0 Å². The molecular weight excluding hydrogens is 365 g/mol. The third-order valence-electron chi connectivity index (χ3n) is 3.79. The fourth-order valence-electron chi connectivity index (χ4n) is 2.47. The fourth-order valence-corrected chi connectivity index (χ4v) is 2.47. The number of aliphatic carboxylic acids is 1. The predicted molar refractivity (Wildman–Crippen MR) is 110 cm³/mol. The summed E-state index contributed by atoms with van der Waals surface area (Å²) in [4.78, 5) is 11.0. The second-order valence-electron chi connectivity index (χ2n) is 5.94. The third-order valence-corrected chi connectivity index (χ3v) is 3.79. The molecular formula is C23H29F3O2. The monoisotopic (exact) mass is 394 g/mol. The smallest absolute Gasteiger partial charge is 0.417 e. The summed E-state index contributed by atoms with van der Waals surface area (Å²) in [5.74, 6) is -1.02. The summed E-state index contributed by atoms with van der Waals surface area (Å²) in [6.45, 7) is 12.9. The van der Waals surface area contributed by atoms with E-state index in [1.807, 2.05) is 20.8 Å². The molecule has 0 spiro atoms. The summed E-state index contributed by atoms with van der Waals surface area (Å²) in [6, 6.07) is 3.99. The van der Waals surface area contributed by atoms with Gasteiger partial charge in [0, 0.05) is 0 Å². The Morgan fingerprint density at radius 1 is 1.25 bits per heavy atom. The van der Waals surface area contributed by atoms with Crippen LogP contribution in [-0.2, 0) is 11.0 Å². The van der Waals surface area contributed by atoms with Crippen LogP contribution in [0.25, 0.3) is 5.57 Å². The highest BCUT2D eigenvalue weighted by molar-refractivity contribution is 5.79. The average Bonchev–Trinajstić information content (AvgIpc) is 2.63. The molecule has 0 heterocycles. The molecule has 0 aliphatic rings. The van der Waals surface area contributed by atoms with Gasteiger partial charge in [0.05, 0.1) is 12.0 Å². The Morgan fingerprint density at radius 2 is 1.86 bits per heavy atom. The van der Waals surface area contributed by atoms with Crippen LogP contribution in [0.15, 0.2) is 60.2 Å². The van der Waals surface area contributed by atoms with E-state index >= 15 is 0 Å². The molecule has 1 aromatic carbocycles. The van der Waals surface area contributed by atoms with Crippen LogP contribution in [0.3, 0.4) is 0 Å². The number of carbonyl (C=O) groups is 1. The minimum absolute atomic E-state index is 0.0697. The van der Waals surface area contributed by atoms with Gasteiger partial charge in [0.15, 0.2) is 0 Å². The first kappa shape index (κ1) is 25.4. The van der Waals surface area contributed by atoms with Crippen molar-refractivity contribution in [1.82, 2.24) is 0 Å². The van der Waals surface area contributed by atoms with Gasteiger partial charge in [-0.1, -0.05) is 69.4 Å². The molecule has 0 amide bonds. The molecule has 28 heavy (non-hydrogen) atoms. The molecule has 0 bridgehead atoms. The van der Waals surface area contributed by atoms with E-state index in [1.165, 1.54) is 18.2 Å². The highest BCUT2D eigenvalue weighted by Gasteiger charge is 2.33. The number of carboxylic acids is 1. The summed E-state index contributed by atoms with van der Waals surface area (Å²) in [5, 5.41) is 8.98. The van der Waals surface area contributed by atoms with Gasteiger partial charge in [-0.05, 0) is 48.6 Å². The predicted octanol–water partition coefficient (Wildman–Crippen LogP) is 7.37. The molecule has 0 aliphatic carbocycles. The van der Waals surface area contributed by atoms with E-state index in [1.54, 1.807) is 32.1 Å². The number of carboxylic acid groups (broad SMARTS) is 1. The largest absolute Gasteiger partial charge is 0.481 e. The van der Waals surface area contributed by atoms with Crippen LogP contribution in [-0.4, -0.2) is 11.1 Å². The van der Waals surface area contributed by atoms with Gasteiger partial charge in [0.25, 0.3) is 0 Å². The normalized spacial score (nSPS) is 12.9. The van der Waals surface area contributed by atoms with Gasteiger partial charge in [0.1, 0.15) is 0 Å². The topological polar surface area (TPSA) is 37.3 Å². The number of hydrogen-bond acceptors (Lipinski definition) is 1. The lowest BCUT2D eigenvalue weighted by molar-refractivity contribution is -0.138. The number of hydrogen-bond donors (Lipinski definition) is 1. The first-order valence-electron chi connectivity index (χ1n) is 9.20. The van der Waals surface area contributed by atoms with Gasteiger partial charge in [-0.3, -0.25) is 4.79 Å². The van der Waals surface area contributed by atoms with Crippen molar-refractivity contribution >= 4 is 11.5 Å². The van der Waals surface area contributed by atoms with Crippen molar-refractivity contribution in [3.63, 3.8) is 0 Å². The molecule has 1 rings (SSSR count). The van der Waals surface area contributed by atoms with E-state index in [2.05, 4.69) is 6.58 Å². The SMILES string of the molecule is C=C/C(CC(=O)O)=C(C)/C=C(\C=C/CC)c1cc(C)ccc1C(F)(F)F.CC. The highest BCUT2D eigenvalue weighted by atomic mass is 19.4. The van der Waals surface area contributed by atoms with Crippen molar-refractivity contribution in [2.45, 2.75) is 53.6 Å². The Morgan fingerprint density at radius 3 is 2.32 bits per heavy atom. The maximum absolute atomic E-state index is 13.4. The zero-order valence-corrected chi connectivity index (χ0v) is 17.2.